The van der Waals surface area contributed by atoms with Gasteiger partial charge in [0.25, 0.3) is 0 Å². The van der Waals surface area contributed by atoms with Gasteiger partial charge in [-0.05, 0) is 141 Å². The summed E-state index contributed by atoms with van der Waals surface area (Å²) in [4.78, 5) is 0. The summed E-state index contributed by atoms with van der Waals surface area (Å²) in [6.07, 6.45) is -0.102. The second-order valence-electron chi connectivity index (χ2n) is 18.3. The van der Waals surface area contributed by atoms with Gasteiger partial charge in [0, 0.05) is 5.56 Å². The van der Waals surface area contributed by atoms with Crippen molar-refractivity contribution >= 4 is 32.3 Å². The highest BCUT2D eigenvalue weighted by molar-refractivity contribution is 6.22. The maximum Gasteiger partial charge on any atom is 0.135 e. The van der Waals surface area contributed by atoms with Crippen LogP contribution in [0.3, 0.4) is 0 Å². The van der Waals surface area contributed by atoms with E-state index in [0.717, 1.165) is 5.75 Å². The molecule has 0 amide bonds. The molecule has 1 heterocycles. The van der Waals surface area contributed by atoms with Crippen LogP contribution in [0.4, 0.5) is 0 Å². The third kappa shape index (κ3) is 7.28. The van der Waals surface area contributed by atoms with Crippen LogP contribution in [0.15, 0.2) is 267 Å². The van der Waals surface area contributed by atoms with E-state index in [1.165, 1.54) is 116 Å². The Bertz CT molecular complexity index is 3830. The van der Waals surface area contributed by atoms with E-state index in [0.29, 0.717) is 0 Å². The minimum Gasteiger partial charge on any atom is -0.484 e. The van der Waals surface area contributed by atoms with Crippen molar-refractivity contribution in [2.45, 2.75) is 12.0 Å². The van der Waals surface area contributed by atoms with Crippen molar-refractivity contribution in [1.29, 1.82) is 0 Å². The molecule has 12 aromatic rings. The van der Waals surface area contributed by atoms with Gasteiger partial charge in [-0.2, -0.15) is 0 Å². The quantitative estimate of drug-likeness (QED) is 0.138. The molecule has 0 aliphatic carbocycles. The number of ether oxygens (including phenoxy) is 1. The van der Waals surface area contributed by atoms with Crippen LogP contribution in [0.1, 0.15) is 28.7 Å². The molecule has 12 aromatic carbocycles. The molecule has 13 rings (SSSR count). The fourth-order valence-corrected chi connectivity index (χ4v) is 11.0. The Kier molecular flexibility index (Phi) is 10.1. The number of hydrogen-bond acceptors (Lipinski definition) is 1. The average molecular weight is 879 g/mol. The molecule has 0 fully saturated rings. The third-order valence-corrected chi connectivity index (χ3v) is 14.3. The molecule has 0 radical (unpaired) electrons. The SMILES string of the molecule is c1ccc(-c2ccc3c(-c4cccc(-c5cccc6ccccc56)c4)c4cc(-c5ccccc5)ccc4c(-c4ccc(-c5ccc6c(c5)C(c5ccccc5)C(c5ccccc5)O6)cc4)c3c2)cc1. The van der Waals surface area contributed by atoms with Crippen molar-refractivity contribution in [2.24, 2.45) is 0 Å². The third-order valence-electron chi connectivity index (χ3n) is 14.3. The second kappa shape index (κ2) is 17.1. The van der Waals surface area contributed by atoms with E-state index in [1.807, 2.05) is 0 Å². The van der Waals surface area contributed by atoms with Gasteiger partial charge in [-0.1, -0.05) is 237 Å². The van der Waals surface area contributed by atoms with Crippen LogP contribution in [-0.4, -0.2) is 0 Å². The fraction of sp³-hybridized carbons (Fsp3) is 0.0294. The summed E-state index contributed by atoms with van der Waals surface area (Å²) in [5, 5.41) is 7.39. The second-order valence-corrected chi connectivity index (χ2v) is 18.3. The van der Waals surface area contributed by atoms with Crippen LogP contribution in [0.5, 0.6) is 5.75 Å². The van der Waals surface area contributed by atoms with E-state index in [2.05, 4.69) is 267 Å². The Labute approximate surface area is 403 Å². The van der Waals surface area contributed by atoms with Crippen molar-refractivity contribution in [3.05, 3.63) is 284 Å². The number of benzene rings is 12. The summed E-state index contributed by atoms with van der Waals surface area (Å²) < 4.78 is 6.78. The van der Waals surface area contributed by atoms with E-state index in [1.54, 1.807) is 0 Å². The summed E-state index contributed by atoms with van der Waals surface area (Å²) in [5.74, 6) is 1.02. The highest BCUT2D eigenvalue weighted by atomic mass is 16.5. The van der Waals surface area contributed by atoms with Crippen molar-refractivity contribution in [2.75, 3.05) is 0 Å². The molecule has 2 unspecified atom stereocenters. The van der Waals surface area contributed by atoms with Gasteiger partial charge in [0.2, 0.25) is 0 Å². The Morgan fingerprint density at radius 1 is 0.261 bits per heavy atom. The van der Waals surface area contributed by atoms with Crippen LogP contribution in [0.25, 0.3) is 99.1 Å². The first-order valence-corrected chi connectivity index (χ1v) is 24.0. The molecular formula is C68H46O. The Balaban J connectivity index is 0.999. The van der Waals surface area contributed by atoms with Crippen molar-refractivity contribution in [1.82, 2.24) is 0 Å². The molecule has 1 aliphatic heterocycles. The summed E-state index contributed by atoms with van der Waals surface area (Å²) >= 11 is 0. The number of fused-ring (bicyclic) bond motifs is 4. The van der Waals surface area contributed by atoms with Crippen molar-refractivity contribution < 1.29 is 4.74 Å². The number of rotatable bonds is 8. The topological polar surface area (TPSA) is 9.23 Å². The zero-order valence-electron chi connectivity index (χ0n) is 38.0. The first kappa shape index (κ1) is 40.5. The normalized spacial score (nSPS) is 14.2. The Hall–Kier alpha value is -8.78. The average Bonchev–Trinajstić information content (AvgIpc) is 3.82. The van der Waals surface area contributed by atoms with Crippen LogP contribution in [-0.2, 0) is 0 Å². The van der Waals surface area contributed by atoms with Crippen molar-refractivity contribution in [3.63, 3.8) is 0 Å². The maximum atomic E-state index is 6.78. The minimum atomic E-state index is -0.102. The van der Waals surface area contributed by atoms with E-state index < -0.39 is 0 Å². The first-order chi connectivity index (χ1) is 34.2. The fourth-order valence-electron chi connectivity index (χ4n) is 11.0. The lowest BCUT2D eigenvalue weighted by Gasteiger charge is -2.20. The van der Waals surface area contributed by atoms with Crippen LogP contribution in [0.2, 0.25) is 0 Å². The van der Waals surface area contributed by atoms with Crippen molar-refractivity contribution in [3.8, 4) is 72.5 Å². The highest BCUT2D eigenvalue weighted by Gasteiger charge is 2.37. The zero-order valence-corrected chi connectivity index (χ0v) is 38.0. The lowest BCUT2D eigenvalue weighted by atomic mass is 9.83. The van der Waals surface area contributed by atoms with Crippen LogP contribution >= 0.6 is 0 Å². The molecule has 0 N–H and O–H groups in total. The summed E-state index contributed by atoms with van der Waals surface area (Å²) in [6.45, 7) is 0. The Morgan fingerprint density at radius 3 is 1.39 bits per heavy atom. The van der Waals surface area contributed by atoms with Gasteiger partial charge in [-0.25, -0.2) is 0 Å². The molecule has 2 atom stereocenters. The summed E-state index contributed by atoms with van der Waals surface area (Å²) in [5.41, 5.74) is 18.1. The molecule has 0 saturated carbocycles. The van der Waals surface area contributed by atoms with Gasteiger partial charge in [0.15, 0.2) is 0 Å². The maximum absolute atomic E-state index is 6.78. The predicted octanol–water partition coefficient (Wildman–Crippen LogP) is 18.4. The lowest BCUT2D eigenvalue weighted by molar-refractivity contribution is 0.222. The largest absolute Gasteiger partial charge is 0.484 e. The highest BCUT2D eigenvalue weighted by Crippen LogP contribution is 2.51. The number of hydrogen-bond donors (Lipinski definition) is 0. The lowest BCUT2D eigenvalue weighted by Crippen LogP contribution is -2.11. The minimum absolute atomic E-state index is 0.0754. The molecule has 324 valence electrons. The van der Waals surface area contributed by atoms with Gasteiger partial charge < -0.3 is 4.74 Å². The van der Waals surface area contributed by atoms with Crippen LogP contribution in [0, 0.1) is 0 Å². The summed E-state index contributed by atoms with van der Waals surface area (Å²) in [7, 11) is 0. The van der Waals surface area contributed by atoms with Gasteiger partial charge in [0.1, 0.15) is 11.9 Å². The molecule has 0 bridgehead atoms. The van der Waals surface area contributed by atoms with E-state index in [4.69, 9.17) is 4.74 Å². The first-order valence-electron chi connectivity index (χ1n) is 24.0. The van der Waals surface area contributed by atoms with Gasteiger partial charge >= 0.3 is 0 Å². The predicted molar refractivity (Wildman–Crippen MR) is 290 cm³/mol. The van der Waals surface area contributed by atoms with E-state index in [-0.39, 0.29) is 12.0 Å². The summed E-state index contributed by atoms with van der Waals surface area (Å²) in [6, 6.07) is 97.7. The molecule has 0 aromatic heterocycles. The van der Waals surface area contributed by atoms with Gasteiger partial charge in [-0.15, -0.1) is 0 Å². The molecule has 0 spiro atoms. The molecule has 1 nitrogen and oxygen atoms in total. The molecule has 1 heteroatoms. The molecule has 1 aliphatic rings. The van der Waals surface area contributed by atoms with E-state index >= 15 is 0 Å². The standard InChI is InChI=1S/C68H46O/c1-5-17-45(18-6-1)52-36-39-60-61(42-52)65(50-33-31-47(32-34-50)54-37-40-64-63(44-54)67(49-22-9-3-10-23-49)68(69-64)51-24-11-4-12-25-51)59-38-35-53(46-19-7-2-8-20-46)43-62(59)66(60)56-28-15-27-55(41-56)58-30-16-26-48-21-13-14-29-57(48)58/h1-44,67-68H. The Morgan fingerprint density at radius 2 is 0.725 bits per heavy atom. The molecular weight excluding hydrogens is 833 g/mol. The zero-order chi connectivity index (χ0) is 45.7. The molecule has 69 heavy (non-hydrogen) atoms. The smallest absolute Gasteiger partial charge is 0.135 e. The van der Waals surface area contributed by atoms with E-state index in [9.17, 15) is 0 Å². The van der Waals surface area contributed by atoms with Crippen LogP contribution < -0.4 is 4.74 Å². The van der Waals surface area contributed by atoms with Gasteiger partial charge in [0.05, 0.1) is 5.92 Å². The molecule has 0 saturated heterocycles. The monoisotopic (exact) mass is 878 g/mol. The van der Waals surface area contributed by atoms with Gasteiger partial charge in [-0.3, -0.25) is 0 Å².